The average molecular weight is 648 g/mol. The van der Waals surface area contributed by atoms with Crippen LogP contribution in [-0.4, -0.2) is 69.8 Å². The van der Waals surface area contributed by atoms with Crippen LogP contribution in [0.3, 0.4) is 0 Å². The van der Waals surface area contributed by atoms with Crippen LogP contribution in [0.1, 0.15) is 61.1 Å². The molecule has 2 heterocycles. The molecule has 0 aliphatic carbocycles. The fraction of sp³-hybridized carbons (Fsp3) is 0.412. The summed E-state index contributed by atoms with van der Waals surface area (Å²) in [6.07, 6.45) is 6.85. The molecule has 5 amide bonds. The molecule has 0 bridgehead atoms. The first-order valence-corrected chi connectivity index (χ1v) is 16.0. The fourth-order valence-corrected chi connectivity index (χ4v) is 5.49. The van der Waals surface area contributed by atoms with Crippen LogP contribution < -0.4 is 21.3 Å². The number of benzene rings is 2. The highest BCUT2D eigenvalue weighted by molar-refractivity contribution is 6.31. The van der Waals surface area contributed by atoms with Gasteiger partial charge >= 0.3 is 6.03 Å². The van der Waals surface area contributed by atoms with Gasteiger partial charge in [0.1, 0.15) is 17.8 Å². The maximum Gasteiger partial charge on any atom is 0.318 e. The molecule has 2 atom stereocenters. The Morgan fingerprint density at radius 3 is 2.30 bits per heavy atom. The smallest absolute Gasteiger partial charge is 0.318 e. The van der Waals surface area contributed by atoms with Crippen molar-refractivity contribution in [3.8, 4) is 0 Å². The number of aryl methyl sites for hydroxylation is 1. The van der Waals surface area contributed by atoms with Crippen molar-refractivity contribution in [1.29, 1.82) is 0 Å². The molecule has 3 aromatic rings. The van der Waals surface area contributed by atoms with Crippen LogP contribution in [0.5, 0.6) is 0 Å². The first-order valence-electron chi connectivity index (χ1n) is 15.7. The molecular weight excluding hydrogens is 606 g/mol. The zero-order valence-corrected chi connectivity index (χ0v) is 27.0. The molecule has 2 aromatic carbocycles. The molecule has 12 heteroatoms. The minimum absolute atomic E-state index is 0.106. The van der Waals surface area contributed by atoms with Gasteiger partial charge in [0.2, 0.25) is 11.8 Å². The SMILES string of the molecule is CC(C)C[C@H](NC(=O)N1CCC(NC(=O)c2cnccn2)CC1)C(=O)N[C@@H](CCc1ccccc1)C(=O)NCc1ccccc1Cl. The first-order chi connectivity index (χ1) is 22.2. The van der Waals surface area contributed by atoms with E-state index in [1.807, 2.05) is 62.4 Å². The predicted molar refractivity (Wildman–Crippen MR) is 176 cm³/mol. The molecule has 46 heavy (non-hydrogen) atoms. The van der Waals surface area contributed by atoms with Gasteiger partial charge in [-0.05, 0) is 55.2 Å². The molecule has 0 unspecified atom stereocenters. The number of nitrogens with one attached hydrogen (secondary N) is 4. The standard InChI is InChI=1S/C34H42ClN7O4/c1-23(2)20-29(41-34(46)42-18-14-26(15-19-42)39-33(45)30-22-36-16-17-37-30)32(44)40-28(13-12-24-8-4-3-5-9-24)31(43)38-21-25-10-6-7-11-27(25)35/h3-11,16-17,22-23,26,28-29H,12-15,18-21H2,1-2H3,(H,38,43)(H,39,45)(H,40,44)(H,41,46)/t28-,29-/m0/s1. The van der Waals surface area contributed by atoms with E-state index in [4.69, 9.17) is 11.6 Å². The Labute approximate surface area is 274 Å². The second kappa shape index (κ2) is 17.3. The topological polar surface area (TPSA) is 145 Å². The van der Waals surface area contributed by atoms with Gasteiger partial charge in [-0.3, -0.25) is 19.4 Å². The second-order valence-electron chi connectivity index (χ2n) is 11.9. The lowest BCUT2D eigenvalue weighted by Crippen LogP contribution is -2.57. The summed E-state index contributed by atoms with van der Waals surface area (Å²) >= 11 is 6.28. The Hall–Kier alpha value is -4.51. The van der Waals surface area contributed by atoms with Crippen molar-refractivity contribution >= 4 is 35.4 Å². The highest BCUT2D eigenvalue weighted by Crippen LogP contribution is 2.16. The van der Waals surface area contributed by atoms with Crippen LogP contribution in [0.4, 0.5) is 4.79 Å². The Bertz CT molecular complexity index is 1450. The molecule has 1 saturated heterocycles. The lowest BCUT2D eigenvalue weighted by atomic mass is 10.0. The van der Waals surface area contributed by atoms with Gasteiger partial charge < -0.3 is 26.2 Å². The Morgan fingerprint density at radius 2 is 1.63 bits per heavy atom. The number of carbonyl (C=O) groups is 4. The number of aromatic nitrogens is 2. The predicted octanol–water partition coefficient (Wildman–Crippen LogP) is 3.88. The van der Waals surface area contributed by atoms with Crippen molar-refractivity contribution in [2.75, 3.05) is 13.1 Å². The number of amides is 5. The summed E-state index contributed by atoms with van der Waals surface area (Å²) < 4.78 is 0. The third-order valence-electron chi connectivity index (χ3n) is 7.84. The van der Waals surface area contributed by atoms with Crippen LogP contribution in [0, 0.1) is 5.92 Å². The van der Waals surface area contributed by atoms with E-state index in [2.05, 4.69) is 31.2 Å². The quantitative estimate of drug-likeness (QED) is 0.222. The summed E-state index contributed by atoms with van der Waals surface area (Å²) in [5.74, 6) is -0.944. The molecule has 1 aliphatic rings. The van der Waals surface area contributed by atoms with E-state index < -0.39 is 18.0 Å². The minimum atomic E-state index is -0.836. The molecule has 1 aromatic heterocycles. The van der Waals surface area contributed by atoms with Crippen LogP contribution in [0.15, 0.2) is 73.2 Å². The number of carbonyl (C=O) groups excluding carboxylic acids is 4. The highest BCUT2D eigenvalue weighted by atomic mass is 35.5. The average Bonchev–Trinajstić information content (AvgIpc) is 3.06. The zero-order chi connectivity index (χ0) is 32.9. The monoisotopic (exact) mass is 647 g/mol. The Morgan fingerprint density at radius 1 is 0.913 bits per heavy atom. The van der Waals surface area contributed by atoms with E-state index in [0.717, 1.165) is 11.1 Å². The van der Waals surface area contributed by atoms with Crippen molar-refractivity contribution < 1.29 is 19.2 Å². The van der Waals surface area contributed by atoms with E-state index in [1.165, 1.54) is 18.6 Å². The van der Waals surface area contributed by atoms with Gasteiger partial charge in [0.25, 0.3) is 5.91 Å². The van der Waals surface area contributed by atoms with Gasteiger partial charge in [-0.1, -0.05) is 74.0 Å². The van der Waals surface area contributed by atoms with Crippen molar-refractivity contribution in [2.24, 2.45) is 5.92 Å². The number of rotatable bonds is 13. The molecule has 0 spiro atoms. The number of piperidine rings is 1. The Balaban J connectivity index is 1.36. The highest BCUT2D eigenvalue weighted by Gasteiger charge is 2.30. The van der Waals surface area contributed by atoms with Gasteiger partial charge in [-0.25, -0.2) is 9.78 Å². The van der Waals surface area contributed by atoms with Crippen molar-refractivity contribution in [2.45, 2.75) is 70.6 Å². The van der Waals surface area contributed by atoms with Crippen molar-refractivity contribution in [3.63, 3.8) is 0 Å². The largest absolute Gasteiger partial charge is 0.350 e. The summed E-state index contributed by atoms with van der Waals surface area (Å²) in [4.78, 5) is 62.4. The van der Waals surface area contributed by atoms with Crippen LogP contribution in [-0.2, 0) is 22.6 Å². The van der Waals surface area contributed by atoms with Crippen molar-refractivity contribution in [3.05, 3.63) is 95.0 Å². The lowest BCUT2D eigenvalue weighted by Gasteiger charge is -2.33. The maximum absolute atomic E-state index is 13.7. The third kappa shape index (κ3) is 10.5. The number of halogens is 1. The normalized spacial score (nSPS) is 14.7. The van der Waals surface area contributed by atoms with Crippen molar-refractivity contribution in [1.82, 2.24) is 36.1 Å². The Kier molecular flexibility index (Phi) is 12.9. The maximum atomic E-state index is 13.7. The summed E-state index contributed by atoms with van der Waals surface area (Å²) in [7, 11) is 0. The summed E-state index contributed by atoms with van der Waals surface area (Å²) in [5, 5.41) is 12.2. The summed E-state index contributed by atoms with van der Waals surface area (Å²) in [5.41, 5.74) is 2.06. The number of likely N-dealkylation sites (tertiary alicyclic amines) is 1. The number of urea groups is 1. The van der Waals surface area contributed by atoms with Crippen LogP contribution >= 0.6 is 11.6 Å². The summed E-state index contributed by atoms with van der Waals surface area (Å²) in [6.45, 7) is 4.99. The first kappa shape index (κ1) is 34.4. The van der Waals surface area contributed by atoms with E-state index >= 15 is 0 Å². The molecule has 0 radical (unpaired) electrons. The van der Waals surface area contributed by atoms with E-state index in [0.29, 0.717) is 50.2 Å². The van der Waals surface area contributed by atoms with Gasteiger partial charge in [0.05, 0.1) is 6.20 Å². The number of hydrogen-bond donors (Lipinski definition) is 4. The minimum Gasteiger partial charge on any atom is -0.350 e. The fourth-order valence-electron chi connectivity index (χ4n) is 5.29. The summed E-state index contributed by atoms with van der Waals surface area (Å²) in [6, 6.07) is 14.9. The molecule has 4 N–H and O–H groups in total. The molecular formula is C34H42ClN7O4. The molecule has 1 fully saturated rings. The molecule has 4 rings (SSSR count). The van der Waals surface area contributed by atoms with Crippen LogP contribution in [0.2, 0.25) is 5.02 Å². The molecule has 0 saturated carbocycles. The van der Waals surface area contributed by atoms with E-state index in [9.17, 15) is 19.2 Å². The second-order valence-corrected chi connectivity index (χ2v) is 12.3. The number of nitrogens with zero attached hydrogens (tertiary/aromatic N) is 3. The molecule has 11 nitrogen and oxygen atoms in total. The third-order valence-corrected chi connectivity index (χ3v) is 8.21. The molecule has 244 valence electrons. The van der Waals surface area contributed by atoms with Gasteiger partial charge in [-0.2, -0.15) is 0 Å². The van der Waals surface area contributed by atoms with E-state index in [1.54, 1.807) is 11.0 Å². The number of hydrogen-bond acceptors (Lipinski definition) is 6. The van der Waals surface area contributed by atoms with Gasteiger partial charge in [-0.15, -0.1) is 0 Å². The zero-order valence-electron chi connectivity index (χ0n) is 26.2. The van der Waals surface area contributed by atoms with E-state index in [-0.39, 0.29) is 42.0 Å². The molecule has 1 aliphatic heterocycles. The van der Waals surface area contributed by atoms with Crippen LogP contribution in [0.25, 0.3) is 0 Å². The van der Waals surface area contributed by atoms with Gasteiger partial charge in [0, 0.05) is 43.1 Å². The lowest BCUT2D eigenvalue weighted by molar-refractivity contribution is -0.130. The van der Waals surface area contributed by atoms with Gasteiger partial charge in [0.15, 0.2) is 0 Å².